The van der Waals surface area contributed by atoms with Gasteiger partial charge in [0.05, 0.1) is 5.75 Å². The van der Waals surface area contributed by atoms with Crippen LogP contribution in [0, 0.1) is 0 Å². The number of anilines is 1. The Labute approximate surface area is 119 Å². The van der Waals surface area contributed by atoms with Gasteiger partial charge in [0, 0.05) is 6.42 Å². The van der Waals surface area contributed by atoms with E-state index >= 15 is 0 Å². The van der Waals surface area contributed by atoms with Gasteiger partial charge in [-0.15, -0.1) is 5.10 Å². The lowest BCUT2D eigenvalue weighted by Gasteiger charge is -2.08. The second kappa shape index (κ2) is 6.37. The van der Waals surface area contributed by atoms with Crippen molar-refractivity contribution >= 4 is 23.6 Å². The number of thioether (sulfide) groups is 1. The molecule has 0 saturated carbocycles. The largest absolute Gasteiger partial charge is 0.368 e. The second-order valence-corrected chi connectivity index (χ2v) is 4.93. The van der Waals surface area contributed by atoms with E-state index in [4.69, 9.17) is 10.3 Å². The Morgan fingerprint density at radius 1 is 1.55 bits per heavy atom. The third kappa shape index (κ3) is 3.70. The highest BCUT2D eigenvalue weighted by Crippen LogP contribution is 2.14. The van der Waals surface area contributed by atoms with E-state index in [1.165, 1.54) is 11.8 Å². The van der Waals surface area contributed by atoms with Crippen molar-refractivity contribution in [1.29, 1.82) is 0 Å². The van der Waals surface area contributed by atoms with E-state index in [0.29, 0.717) is 23.3 Å². The monoisotopic (exact) mass is 297 g/mol. The van der Waals surface area contributed by atoms with Gasteiger partial charge in [0.1, 0.15) is 6.04 Å². The predicted octanol–water partition coefficient (Wildman–Crippen LogP) is 0.302. The Balaban J connectivity index is 1.81. The Kier molecular flexibility index (Phi) is 4.56. The molecule has 9 nitrogen and oxygen atoms in total. The molecule has 0 fully saturated rings. The third-order valence-electron chi connectivity index (χ3n) is 2.36. The Morgan fingerprint density at radius 3 is 2.95 bits per heavy atom. The number of rotatable bonds is 6. The van der Waals surface area contributed by atoms with Gasteiger partial charge in [-0.25, -0.2) is 5.10 Å². The first kappa shape index (κ1) is 14.3. The summed E-state index contributed by atoms with van der Waals surface area (Å²) in [7, 11) is 0. The molecule has 4 N–H and O–H groups in total. The van der Waals surface area contributed by atoms with Crippen LogP contribution in [0.1, 0.15) is 31.6 Å². The molecule has 1 unspecified atom stereocenters. The van der Waals surface area contributed by atoms with Crippen molar-refractivity contribution in [2.75, 3.05) is 11.5 Å². The van der Waals surface area contributed by atoms with Crippen molar-refractivity contribution in [3.63, 3.8) is 0 Å². The summed E-state index contributed by atoms with van der Waals surface area (Å²) in [6.07, 6.45) is 0.687. The Morgan fingerprint density at radius 2 is 2.35 bits per heavy atom. The maximum Gasteiger partial charge on any atom is 0.248 e. The van der Waals surface area contributed by atoms with Crippen molar-refractivity contribution < 1.29 is 9.32 Å². The molecule has 2 aromatic heterocycles. The molecule has 0 aliphatic carbocycles. The predicted molar refractivity (Wildman–Crippen MR) is 71.8 cm³/mol. The van der Waals surface area contributed by atoms with Crippen LogP contribution in [0.4, 0.5) is 5.95 Å². The minimum Gasteiger partial charge on any atom is -0.368 e. The smallest absolute Gasteiger partial charge is 0.248 e. The molecule has 0 bridgehead atoms. The molecule has 1 amide bonds. The number of carbonyl (C=O) groups excluding carboxylic acids is 1. The van der Waals surface area contributed by atoms with E-state index < -0.39 is 0 Å². The van der Waals surface area contributed by atoms with Gasteiger partial charge in [-0.1, -0.05) is 23.8 Å². The zero-order valence-corrected chi connectivity index (χ0v) is 11.9. The summed E-state index contributed by atoms with van der Waals surface area (Å²) in [5.41, 5.74) is 5.39. The van der Waals surface area contributed by atoms with Gasteiger partial charge < -0.3 is 15.6 Å². The molecule has 0 aliphatic heterocycles. The first-order chi connectivity index (χ1) is 9.58. The number of nitrogen functional groups attached to an aromatic ring is 1. The normalized spacial score (nSPS) is 12.3. The lowest BCUT2D eigenvalue weighted by atomic mass is 10.3. The minimum absolute atomic E-state index is 0.177. The average Bonchev–Trinajstić information content (AvgIpc) is 3.05. The molecule has 1 atom stereocenters. The summed E-state index contributed by atoms with van der Waals surface area (Å²) in [5, 5.41) is 13.3. The average molecular weight is 297 g/mol. The van der Waals surface area contributed by atoms with Crippen LogP contribution in [-0.2, 0) is 11.2 Å². The second-order valence-electron chi connectivity index (χ2n) is 3.98. The lowest BCUT2D eigenvalue weighted by Crippen LogP contribution is -2.28. The molecule has 2 aromatic rings. The fraction of sp³-hybridized carbons (Fsp3) is 0.500. The molecule has 108 valence electrons. The van der Waals surface area contributed by atoms with Crippen LogP contribution in [0.5, 0.6) is 0 Å². The van der Waals surface area contributed by atoms with Gasteiger partial charge in [0.2, 0.25) is 22.9 Å². The third-order valence-corrected chi connectivity index (χ3v) is 3.21. The van der Waals surface area contributed by atoms with Gasteiger partial charge in [-0.2, -0.15) is 9.97 Å². The molecule has 0 radical (unpaired) electrons. The topological polar surface area (TPSA) is 136 Å². The van der Waals surface area contributed by atoms with Crippen molar-refractivity contribution in [2.24, 2.45) is 0 Å². The maximum absolute atomic E-state index is 11.8. The standard InChI is InChI=1S/C10H15N7O2S/c1-3-6-13-8(19-17-6)5(2)12-7(18)4-20-10-14-9(11)15-16-10/h5H,3-4H2,1-2H3,(H,12,18)(H3,11,14,15,16). The molecule has 2 heterocycles. The number of aromatic amines is 1. The number of nitrogens with one attached hydrogen (secondary N) is 2. The molecule has 2 rings (SSSR count). The van der Waals surface area contributed by atoms with Crippen molar-refractivity contribution in [3.05, 3.63) is 11.7 Å². The number of hydrogen-bond donors (Lipinski definition) is 3. The first-order valence-corrected chi connectivity index (χ1v) is 6.99. The fourth-order valence-electron chi connectivity index (χ4n) is 1.38. The highest BCUT2D eigenvalue weighted by molar-refractivity contribution is 7.99. The number of aryl methyl sites for hydroxylation is 1. The summed E-state index contributed by atoms with van der Waals surface area (Å²) < 4.78 is 5.06. The molecule has 20 heavy (non-hydrogen) atoms. The molecular weight excluding hydrogens is 282 g/mol. The van der Waals surface area contributed by atoms with Crippen LogP contribution >= 0.6 is 11.8 Å². The number of aromatic nitrogens is 5. The lowest BCUT2D eigenvalue weighted by molar-refractivity contribution is -0.119. The van der Waals surface area contributed by atoms with E-state index in [-0.39, 0.29) is 23.7 Å². The molecule has 0 aliphatic rings. The summed E-state index contributed by atoms with van der Waals surface area (Å²) in [4.78, 5) is 19.8. The van der Waals surface area contributed by atoms with Gasteiger partial charge in [0.25, 0.3) is 0 Å². The number of nitrogens with two attached hydrogens (primary N) is 1. The van der Waals surface area contributed by atoms with Gasteiger partial charge in [-0.05, 0) is 6.92 Å². The van der Waals surface area contributed by atoms with Crippen molar-refractivity contribution in [2.45, 2.75) is 31.5 Å². The zero-order valence-electron chi connectivity index (χ0n) is 11.1. The van der Waals surface area contributed by atoms with Crippen LogP contribution < -0.4 is 11.1 Å². The van der Waals surface area contributed by atoms with E-state index in [9.17, 15) is 4.79 Å². The number of carbonyl (C=O) groups is 1. The number of H-pyrrole nitrogens is 1. The number of amides is 1. The van der Waals surface area contributed by atoms with Crippen molar-refractivity contribution in [1.82, 2.24) is 30.6 Å². The van der Waals surface area contributed by atoms with E-state index in [0.717, 1.165) is 0 Å². The van der Waals surface area contributed by atoms with Crippen LogP contribution in [-0.4, -0.2) is 37.0 Å². The number of nitrogens with zero attached hydrogens (tertiary/aromatic N) is 4. The highest BCUT2D eigenvalue weighted by atomic mass is 32.2. The summed E-state index contributed by atoms with van der Waals surface area (Å²) in [5.74, 6) is 1.23. The van der Waals surface area contributed by atoms with E-state index in [1.807, 2.05) is 6.92 Å². The van der Waals surface area contributed by atoms with Crippen LogP contribution in [0.15, 0.2) is 9.68 Å². The SMILES string of the molecule is CCc1noc(C(C)NC(=O)CSc2n[nH]c(N)n2)n1. The molecule has 0 saturated heterocycles. The Hall–Kier alpha value is -2.10. The quantitative estimate of drug-likeness (QED) is 0.648. The molecule has 10 heteroatoms. The summed E-state index contributed by atoms with van der Waals surface area (Å²) >= 11 is 1.18. The summed E-state index contributed by atoms with van der Waals surface area (Å²) in [6.45, 7) is 3.71. The van der Waals surface area contributed by atoms with Crippen LogP contribution in [0.2, 0.25) is 0 Å². The molecular formula is C10H15N7O2S. The Bertz CT molecular complexity index is 582. The highest BCUT2D eigenvalue weighted by Gasteiger charge is 2.16. The molecule has 0 spiro atoms. The van der Waals surface area contributed by atoms with Gasteiger partial charge in [-0.3, -0.25) is 4.79 Å². The van der Waals surface area contributed by atoms with Crippen LogP contribution in [0.3, 0.4) is 0 Å². The van der Waals surface area contributed by atoms with Gasteiger partial charge >= 0.3 is 0 Å². The fourth-order valence-corrected chi connectivity index (χ4v) is 2.00. The first-order valence-electron chi connectivity index (χ1n) is 6.01. The zero-order chi connectivity index (χ0) is 14.5. The van der Waals surface area contributed by atoms with E-state index in [1.54, 1.807) is 6.92 Å². The van der Waals surface area contributed by atoms with E-state index in [2.05, 4.69) is 30.6 Å². The van der Waals surface area contributed by atoms with Crippen LogP contribution in [0.25, 0.3) is 0 Å². The minimum atomic E-state index is -0.340. The van der Waals surface area contributed by atoms with Crippen molar-refractivity contribution in [3.8, 4) is 0 Å². The summed E-state index contributed by atoms with van der Waals surface area (Å²) in [6, 6.07) is -0.340. The molecule has 0 aromatic carbocycles. The number of hydrogen-bond acceptors (Lipinski definition) is 8. The maximum atomic E-state index is 11.8. The van der Waals surface area contributed by atoms with Gasteiger partial charge in [0.15, 0.2) is 5.82 Å².